The standard InChI is InChI=1S/C11H9N5/c12-11-4-9(13-6-14-11)7-1-2-8-5-15-16-10(8)3-7/h1-6H,(H,15,16)(H2,12,13,14). The fourth-order valence-electron chi connectivity index (χ4n) is 1.63. The van der Waals surface area contributed by atoms with Gasteiger partial charge in [-0.15, -0.1) is 0 Å². The predicted octanol–water partition coefficient (Wildman–Crippen LogP) is 1.60. The monoisotopic (exact) mass is 211 g/mol. The molecule has 0 aliphatic rings. The highest BCUT2D eigenvalue weighted by Gasteiger charge is 2.02. The van der Waals surface area contributed by atoms with Gasteiger partial charge in [-0.1, -0.05) is 12.1 Å². The molecule has 3 N–H and O–H groups in total. The second-order valence-electron chi connectivity index (χ2n) is 3.50. The van der Waals surface area contributed by atoms with Gasteiger partial charge in [-0.05, 0) is 6.07 Å². The number of hydrogen-bond acceptors (Lipinski definition) is 4. The lowest BCUT2D eigenvalue weighted by molar-refractivity contribution is 1.12. The average molecular weight is 211 g/mol. The Labute approximate surface area is 91.3 Å². The number of H-pyrrole nitrogens is 1. The molecule has 5 nitrogen and oxygen atoms in total. The van der Waals surface area contributed by atoms with Crippen LogP contribution >= 0.6 is 0 Å². The Morgan fingerprint density at radius 2 is 2.06 bits per heavy atom. The molecule has 0 atom stereocenters. The van der Waals surface area contributed by atoms with E-state index in [2.05, 4.69) is 20.2 Å². The van der Waals surface area contributed by atoms with Crippen LogP contribution in [0.5, 0.6) is 0 Å². The summed E-state index contributed by atoms with van der Waals surface area (Å²) >= 11 is 0. The minimum Gasteiger partial charge on any atom is -0.384 e. The van der Waals surface area contributed by atoms with Gasteiger partial charge in [-0.3, -0.25) is 5.10 Å². The van der Waals surface area contributed by atoms with E-state index < -0.39 is 0 Å². The maximum absolute atomic E-state index is 5.62. The van der Waals surface area contributed by atoms with E-state index in [9.17, 15) is 0 Å². The molecule has 2 aromatic heterocycles. The quantitative estimate of drug-likeness (QED) is 0.640. The van der Waals surface area contributed by atoms with E-state index >= 15 is 0 Å². The summed E-state index contributed by atoms with van der Waals surface area (Å²) in [5.74, 6) is 0.467. The van der Waals surface area contributed by atoms with Crippen molar-refractivity contribution in [2.45, 2.75) is 0 Å². The van der Waals surface area contributed by atoms with Crippen molar-refractivity contribution >= 4 is 16.7 Å². The second-order valence-corrected chi connectivity index (χ2v) is 3.50. The van der Waals surface area contributed by atoms with Crippen LogP contribution in [-0.2, 0) is 0 Å². The van der Waals surface area contributed by atoms with Crippen molar-refractivity contribution < 1.29 is 0 Å². The Kier molecular flexibility index (Phi) is 1.83. The third kappa shape index (κ3) is 1.38. The van der Waals surface area contributed by atoms with Gasteiger partial charge in [-0.25, -0.2) is 9.97 Å². The van der Waals surface area contributed by atoms with Gasteiger partial charge in [-0.2, -0.15) is 5.10 Å². The number of rotatable bonds is 1. The van der Waals surface area contributed by atoms with E-state index in [1.165, 1.54) is 6.33 Å². The van der Waals surface area contributed by atoms with Crippen LogP contribution in [0.1, 0.15) is 0 Å². The number of anilines is 1. The molecule has 0 saturated heterocycles. The molecule has 0 unspecified atom stereocenters. The first-order valence-corrected chi connectivity index (χ1v) is 4.84. The molecule has 0 spiro atoms. The first-order valence-electron chi connectivity index (χ1n) is 4.84. The van der Waals surface area contributed by atoms with E-state index in [1.54, 1.807) is 12.3 Å². The third-order valence-electron chi connectivity index (χ3n) is 2.43. The van der Waals surface area contributed by atoms with Crippen LogP contribution in [0.4, 0.5) is 5.82 Å². The van der Waals surface area contributed by atoms with Gasteiger partial charge in [0.25, 0.3) is 0 Å². The minimum atomic E-state index is 0.467. The van der Waals surface area contributed by atoms with E-state index in [0.717, 1.165) is 22.2 Å². The number of aromatic nitrogens is 4. The SMILES string of the molecule is Nc1cc(-c2ccc3cn[nH]c3c2)ncn1. The van der Waals surface area contributed by atoms with E-state index in [0.29, 0.717) is 5.82 Å². The van der Waals surface area contributed by atoms with Crippen molar-refractivity contribution in [1.29, 1.82) is 0 Å². The molecule has 0 amide bonds. The topological polar surface area (TPSA) is 80.5 Å². The van der Waals surface area contributed by atoms with Gasteiger partial charge in [0.05, 0.1) is 17.4 Å². The van der Waals surface area contributed by atoms with Crippen molar-refractivity contribution in [2.75, 3.05) is 5.73 Å². The van der Waals surface area contributed by atoms with Gasteiger partial charge in [0.1, 0.15) is 12.1 Å². The number of aromatic amines is 1. The Bertz CT molecular complexity index is 643. The number of nitrogens with two attached hydrogens (primary N) is 1. The van der Waals surface area contributed by atoms with Crippen LogP contribution in [0, 0.1) is 0 Å². The number of fused-ring (bicyclic) bond motifs is 1. The molecule has 0 aliphatic heterocycles. The summed E-state index contributed by atoms with van der Waals surface area (Å²) < 4.78 is 0. The summed E-state index contributed by atoms with van der Waals surface area (Å²) in [6.45, 7) is 0. The van der Waals surface area contributed by atoms with Gasteiger partial charge in [0.2, 0.25) is 0 Å². The number of nitrogens with one attached hydrogen (secondary N) is 1. The Hall–Kier alpha value is -2.43. The summed E-state index contributed by atoms with van der Waals surface area (Å²) in [6, 6.07) is 7.72. The van der Waals surface area contributed by atoms with Gasteiger partial charge in [0, 0.05) is 17.0 Å². The first-order chi connectivity index (χ1) is 7.83. The smallest absolute Gasteiger partial charge is 0.127 e. The maximum atomic E-state index is 5.62. The summed E-state index contributed by atoms with van der Waals surface area (Å²) in [6.07, 6.45) is 3.25. The largest absolute Gasteiger partial charge is 0.384 e. The molecule has 5 heteroatoms. The molecule has 0 bridgehead atoms. The van der Waals surface area contributed by atoms with Crippen molar-refractivity contribution in [3.05, 3.63) is 36.8 Å². The van der Waals surface area contributed by atoms with Crippen molar-refractivity contribution in [3.8, 4) is 11.3 Å². The summed E-state index contributed by atoms with van der Waals surface area (Å²) in [5.41, 5.74) is 8.40. The zero-order valence-corrected chi connectivity index (χ0v) is 8.38. The van der Waals surface area contributed by atoms with E-state index in [1.807, 2.05) is 18.2 Å². The van der Waals surface area contributed by atoms with Crippen LogP contribution in [-0.4, -0.2) is 20.2 Å². The van der Waals surface area contributed by atoms with E-state index in [-0.39, 0.29) is 0 Å². The summed E-state index contributed by atoms with van der Waals surface area (Å²) in [5, 5.41) is 7.97. The number of benzene rings is 1. The van der Waals surface area contributed by atoms with Crippen LogP contribution in [0.15, 0.2) is 36.8 Å². The van der Waals surface area contributed by atoms with Crippen molar-refractivity contribution in [2.24, 2.45) is 0 Å². The molecular weight excluding hydrogens is 202 g/mol. The number of nitrogen functional groups attached to an aromatic ring is 1. The molecule has 1 aromatic carbocycles. The lowest BCUT2D eigenvalue weighted by atomic mass is 10.1. The molecule has 2 heterocycles. The molecule has 78 valence electrons. The Morgan fingerprint density at radius 1 is 1.12 bits per heavy atom. The normalized spacial score (nSPS) is 10.8. The average Bonchev–Trinajstić information content (AvgIpc) is 2.75. The molecule has 0 radical (unpaired) electrons. The van der Waals surface area contributed by atoms with Crippen molar-refractivity contribution in [1.82, 2.24) is 20.2 Å². The van der Waals surface area contributed by atoms with Gasteiger partial charge >= 0.3 is 0 Å². The number of hydrogen-bond donors (Lipinski definition) is 2. The zero-order chi connectivity index (χ0) is 11.0. The highest BCUT2D eigenvalue weighted by atomic mass is 15.1. The Balaban J connectivity index is 2.18. The molecule has 3 rings (SSSR count). The summed E-state index contributed by atoms with van der Waals surface area (Å²) in [4.78, 5) is 8.04. The van der Waals surface area contributed by atoms with E-state index in [4.69, 9.17) is 5.73 Å². The van der Waals surface area contributed by atoms with Crippen LogP contribution in [0.3, 0.4) is 0 Å². The molecule has 0 fully saturated rings. The maximum Gasteiger partial charge on any atom is 0.127 e. The highest BCUT2D eigenvalue weighted by molar-refractivity contribution is 5.83. The molecular formula is C11H9N5. The third-order valence-corrected chi connectivity index (χ3v) is 2.43. The fraction of sp³-hybridized carbons (Fsp3) is 0. The Morgan fingerprint density at radius 3 is 2.94 bits per heavy atom. The molecule has 3 aromatic rings. The first kappa shape index (κ1) is 8.84. The van der Waals surface area contributed by atoms with Crippen molar-refractivity contribution in [3.63, 3.8) is 0 Å². The van der Waals surface area contributed by atoms with Gasteiger partial charge < -0.3 is 5.73 Å². The zero-order valence-electron chi connectivity index (χ0n) is 8.38. The lowest BCUT2D eigenvalue weighted by Crippen LogP contribution is -1.92. The van der Waals surface area contributed by atoms with Crippen LogP contribution in [0.25, 0.3) is 22.2 Å². The minimum absolute atomic E-state index is 0.467. The van der Waals surface area contributed by atoms with Crippen LogP contribution in [0.2, 0.25) is 0 Å². The number of nitrogens with zero attached hydrogens (tertiary/aromatic N) is 3. The highest BCUT2D eigenvalue weighted by Crippen LogP contribution is 2.21. The van der Waals surface area contributed by atoms with Gasteiger partial charge in [0.15, 0.2) is 0 Å². The molecule has 0 aliphatic carbocycles. The van der Waals surface area contributed by atoms with Crippen LogP contribution < -0.4 is 5.73 Å². The molecule has 16 heavy (non-hydrogen) atoms. The second kappa shape index (κ2) is 3.30. The fourth-order valence-corrected chi connectivity index (χ4v) is 1.63. The molecule has 0 saturated carbocycles. The summed E-state index contributed by atoms with van der Waals surface area (Å²) in [7, 11) is 0. The predicted molar refractivity (Wildman–Crippen MR) is 61.5 cm³/mol. The lowest BCUT2D eigenvalue weighted by Gasteiger charge is -2.00.